The van der Waals surface area contributed by atoms with Crippen LogP contribution in [0.25, 0.3) is 0 Å². The van der Waals surface area contributed by atoms with Crippen molar-refractivity contribution in [3.63, 3.8) is 0 Å². The average molecular weight is 284 g/mol. The van der Waals surface area contributed by atoms with Crippen LogP contribution in [-0.2, 0) is 0 Å². The van der Waals surface area contributed by atoms with Crippen LogP contribution in [-0.4, -0.2) is 6.36 Å². The summed E-state index contributed by atoms with van der Waals surface area (Å²) in [5.41, 5.74) is 6.54. The Balaban J connectivity index is 0.00000289. The highest BCUT2D eigenvalue weighted by atomic mass is 35.5. The van der Waals surface area contributed by atoms with Gasteiger partial charge < -0.3 is 10.5 Å². The van der Waals surface area contributed by atoms with Gasteiger partial charge in [0.15, 0.2) is 0 Å². The Morgan fingerprint density at radius 1 is 1.33 bits per heavy atom. The number of hydrogen-bond donors (Lipinski definition) is 1. The zero-order chi connectivity index (χ0) is 12.9. The predicted octanol–water partition coefficient (Wildman–Crippen LogP) is 4.20. The number of nitrogens with two attached hydrogens (primary N) is 1. The van der Waals surface area contributed by atoms with Crippen molar-refractivity contribution in [2.45, 2.75) is 38.6 Å². The highest BCUT2D eigenvalue weighted by molar-refractivity contribution is 5.85. The van der Waals surface area contributed by atoms with E-state index in [0.717, 1.165) is 19.3 Å². The third-order valence-corrected chi connectivity index (χ3v) is 2.39. The van der Waals surface area contributed by atoms with Gasteiger partial charge in [0.05, 0.1) is 0 Å². The molecule has 0 radical (unpaired) electrons. The summed E-state index contributed by atoms with van der Waals surface area (Å²) in [6.45, 7) is 2.04. The lowest BCUT2D eigenvalue weighted by molar-refractivity contribution is -0.274. The van der Waals surface area contributed by atoms with Crippen LogP contribution in [0.1, 0.15) is 37.8 Å². The van der Waals surface area contributed by atoms with Gasteiger partial charge in [-0.15, -0.1) is 25.6 Å². The molecule has 0 fully saturated rings. The summed E-state index contributed by atoms with van der Waals surface area (Å²) in [4.78, 5) is 0. The smallest absolute Gasteiger partial charge is 0.406 e. The van der Waals surface area contributed by atoms with Crippen molar-refractivity contribution in [1.29, 1.82) is 0 Å². The van der Waals surface area contributed by atoms with E-state index >= 15 is 0 Å². The minimum atomic E-state index is -4.66. The molecule has 0 aliphatic rings. The van der Waals surface area contributed by atoms with Crippen LogP contribution in [0.5, 0.6) is 5.75 Å². The number of benzene rings is 1. The Labute approximate surface area is 111 Å². The number of halogens is 4. The Morgan fingerprint density at radius 2 is 2.00 bits per heavy atom. The van der Waals surface area contributed by atoms with Gasteiger partial charge in [0.2, 0.25) is 0 Å². The van der Waals surface area contributed by atoms with Crippen molar-refractivity contribution in [2.24, 2.45) is 5.73 Å². The van der Waals surface area contributed by atoms with Crippen LogP contribution in [0.15, 0.2) is 24.3 Å². The molecule has 1 atom stereocenters. The topological polar surface area (TPSA) is 35.2 Å². The number of hydrogen-bond acceptors (Lipinski definition) is 2. The van der Waals surface area contributed by atoms with Crippen molar-refractivity contribution in [3.05, 3.63) is 29.8 Å². The van der Waals surface area contributed by atoms with E-state index in [9.17, 15) is 13.2 Å². The van der Waals surface area contributed by atoms with Crippen molar-refractivity contribution in [1.82, 2.24) is 0 Å². The summed E-state index contributed by atoms with van der Waals surface area (Å²) in [7, 11) is 0. The number of rotatable bonds is 5. The fourth-order valence-electron chi connectivity index (χ4n) is 1.53. The standard InChI is InChI=1S/C12H16F3NO.ClH/c1-2-3-7-11(16)9-5-4-6-10(8-9)17-12(13,14)15;/h4-6,8,11H,2-3,7,16H2,1H3;1H/t11-;/m0./s1. The maximum Gasteiger partial charge on any atom is 0.573 e. The molecular formula is C12H17ClF3NO. The van der Waals surface area contributed by atoms with Gasteiger partial charge in [-0.3, -0.25) is 0 Å². The molecule has 0 aromatic heterocycles. The Hall–Kier alpha value is -0.940. The molecule has 1 rings (SSSR count). The zero-order valence-electron chi connectivity index (χ0n) is 10.0. The van der Waals surface area contributed by atoms with E-state index in [-0.39, 0.29) is 24.2 Å². The second-order valence-electron chi connectivity index (χ2n) is 3.87. The number of ether oxygens (including phenoxy) is 1. The summed E-state index contributed by atoms with van der Waals surface area (Å²) < 4.78 is 39.9. The lowest BCUT2D eigenvalue weighted by Crippen LogP contribution is -2.17. The van der Waals surface area contributed by atoms with Gasteiger partial charge in [0, 0.05) is 6.04 Å². The van der Waals surface area contributed by atoms with Gasteiger partial charge in [0.25, 0.3) is 0 Å². The molecule has 0 bridgehead atoms. The van der Waals surface area contributed by atoms with E-state index in [4.69, 9.17) is 5.73 Å². The molecule has 0 aliphatic carbocycles. The molecule has 2 N–H and O–H groups in total. The Morgan fingerprint density at radius 3 is 2.56 bits per heavy atom. The largest absolute Gasteiger partial charge is 0.573 e. The first-order valence-electron chi connectivity index (χ1n) is 5.53. The molecule has 1 aromatic carbocycles. The van der Waals surface area contributed by atoms with E-state index in [1.165, 1.54) is 18.2 Å². The second kappa shape index (κ2) is 7.48. The van der Waals surface area contributed by atoms with Gasteiger partial charge in [0.1, 0.15) is 5.75 Å². The molecule has 0 saturated carbocycles. The fraction of sp³-hybridized carbons (Fsp3) is 0.500. The van der Waals surface area contributed by atoms with Gasteiger partial charge in [-0.05, 0) is 24.1 Å². The van der Waals surface area contributed by atoms with Crippen LogP contribution in [0.3, 0.4) is 0 Å². The van der Waals surface area contributed by atoms with Crippen LogP contribution in [0.2, 0.25) is 0 Å². The van der Waals surface area contributed by atoms with Crippen molar-refractivity contribution in [3.8, 4) is 5.75 Å². The average Bonchev–Trinajstić information content (AvgIpc) is 2.24. The fourth-order valence-corrected chi connectivity index (χ4v) is 1.53. The minimum Gasteiger partial charge on any atom is -0.406 e. The third kappa shape index (κ3) is 6.12. The van der Waals surface area contributed by atoms with Crippen molar-refractivity contribution >= 4 is 12.4 Å². The SMILES string of the molecule is CCCC[C@H](N)c1cccc(OC(F)(F)F)c1.Cl. The van der Waals surface area contributed by atoms with Gasteiger partial charge in [-0.25, -0.2) is 0 Å². The molecule has 0 spiro atoms. The maximum atomic E-state index is 12.0. The van der Waals surface area contributed by atoms with E-state index in [2.05, 4.69) is 4.74 Å². The summed E-state index contributed by atoms with van der Waals surface area (Å²) >= 11 is 0. The van der Waals surface area contributed by atoms with E-state index in [1.807, 2.05) is 6.92 Å². The summed E-state index contributed by atoms with van der Waals surface area (Å²) in [5, 5.41) is 0. The quantitative estimate of drug-likeness (QED) is 0.879. The van der Waals surface area contributed by atoms with E-state index in [1.54, 1.807) is 6.07 Å². The Kier molecular flexibility index (Phi) is 7.09. The molecule has 2 nitrogen and oxygen atoms in total. The van der Waals surface area contributed by atoms with Crippen molar-refractivity contribution in [2.75, 3.05) is 0 Å². The van der Waals surface area contributed by atoms with E-state index < -0.39 is 6.36 Å². The molecule has 104 valence electrons. The lowest BCUT2D eigenvalue weighted by atomic mass is 10.0. The monoisotopic (exact) mass is 283 g/mol. The highest BCUT2D eigenvalue weighted by Gasteiger charge is 2.31. The summed E-state index contributed by atoms with van der Waals surface area (Å²) in [5.74, 6) is -0.220. The minimum absolute atomic E-state index is 0. The molecule has 0 unspecified atom stereocenters. The first-order valence-corrected chi connectivity index (χ1v) is 5.53. The predicted molar refractivity (Wildman–Crippen MR) is 66.8 cm³/mol. The second-order valence-corrected chi connectivity index (χ2v) is 3.87. The van der Waals surface area contributed by atoms with Gasteiger partial charge in [-0.1, -0.05) is 31.9 Å². The first-order chi connectivity index (χ1) is 7.92. The molecular weight excluding hydrogens is 267 g/mol. The molecule has 18 heavy (non-hydrogen) atoms. The molecule has 0 saturated heterocycles. The summed E-state index contributed by atoms with van der Waals surface area (Å²) in [6.07, 6.45) is -1.95. The zero-order valence-corrected chi connectivity index (χ0v) is 10.9. The summed E-state index contributed by atoms with van der Waals surface area (Å²) in [6, 6.07) is 5.59. The number of unbranched alkanes of at least 4 members (excludes halogenated alkanes) is 1. The first kappa shape index (κ1) is 17.1. The van der Waals surface area contributed by atoms with Gasteiger partial charge >= 0.3 is 6.36 Å². The molecule has 0 aliphatic heterocycles. The van der Waals surface area contributed by atoms with Crippen LogP contribution in [0.4, 0.5) is 13.2 Å². The number of alkyl halides is 3. The molecule has 6 heteroatoms. The Bertz CT molecular complexity index is 357. The molecule has 0 amide bonds. The lowest BCUT2D eigenvalue weighted by Gasteiger charge is -2.14. The maximum absolute atomic E-state index is 12.0. The third-order valence-electron chi connectivity index (χ3n) is 2.39. The van der Waals surface area contributed by atoms with Crippen molar-refractivity contribution < 1.29 is 17.9 Å². The van der Waals surface area contributed by atoms with E-state index in [0.29, 0.717) is 5.56 Å². The molecule has 1 aromatic rings. The van der Waals surface area contributed by atoms with Crippen LogP contribution >= 0.6 is 12.4 Å². The van der Waals surface area contributed by atoms with Crippen LogP contribution in [0, 0.1) is 0 Å². The molecule has 0 heterocycles. The normalized spacial score (nSPS) is 12.7. The van der Waals surface area contributed by atoms with Crippen LogP contribution < -0.4 is 10.5 Å². The highest BCUT2D eigenvalue weighted by Crippen LogP contribution is 2.26. The van der Waals surface area contributed by atoms with Gasteiger partial charge in [-0.2, -0.15) is 0 Å².